The number of nitrogens with zero attached hydrogens (tertiary/aromatic N) is 1. The molecule has 8 heteroatoms. The van der Waals surface area contributed by atoms with Gasteiger partial charge in [-0.2, -0.15) is 0 Å². The molecule has 30 heavy (non-hydrogen) atoms. The van der Waals surface area contributed by atoms with E-state index in [2.05, 4.69) is 5.32 Å². The Balaban J connectivity index is 1.48. The Morgan fingerprint density at radius 2 is 1.97 bits per heavy atom. The van der Waals surface area contributed by atoms with Gasteiger partial charge in [-0.1, -0.05) is 29.8 Å². The van der Waals surface area contributed by atoms with Crippen LogP contribution in [0.25, 0.3) is 0 Å². The molecule has 0 unspecified atom stereocenters. The van der Waals surface area contributed by atoms with E-state index in [0.29, 0.717) is 6.42 Å². The van der Waals surface area contributed by atoms with Gasteiger partial charge in [0.25, 0.3) is 15.9 Å². The molecule has 158 valence electrons. The number of fused-ring (bicyclic) bond motifs is 2. The first-order valence-corrected chi connectivity index (χ1v) is 11.3. The smallest absolute Gasteiger partial charge is 0.269 e. The zero-order valence-electron chi connectivity index (χ0n) is 17.1. The zero-order chi connectivity index (χ0) is 21.7. The maximum absolute atomic E-state index is 12.7. The fourth-order valence-corrected chi connectivity index (χ4v) is 5.59. The largest absolute Gasteiger partial charge is 0.487 e. The number of hydrogen-bond acceptors (Lipinski definition) is 5. The molecule has 0 spiro atoms. The maximum Gasteiger partial charge on any atom is 0.269 e. The number of aryl methyl sites for hydroxylation is 1. The summed E-state index contributed by atoms with van der Waals surface area (Å²) in [5.41, 5.74) is 1.66. The number of carbonyl (C=O) groups is 2. The number of amides is 2. The van der Waals surface area contributed by atoms with Gasteiger partial charge in [-0.3, -0.25) is 9.59 Å². The Labute approximate surface area is 176 Å². The molecule has 0 aromatic heterocycles. The van der Waals surface area contributed by atoms with Crippen LogP contribution in [-0.2, 0) is 14.8 Å². The minimum atomic E-state index is -3.91. The average Bonchev–Trinajstić information content (AvgIpc) is 2.86. The van der Waals surface area contributed by atoms with E-state index in [1.165, 1.54) is 12.1 Å². The SMILES string of the molecule is Cc1ccc2c(c1)[C@@H](NC(=O)CCN1C(=O)c3ccccc3S1(=O)=O)CC(C)(C)O2. The number of carbonyl (C=O) groups excluding carboxylic acids is 2. The summed E-state index contributed by atoms with van der Waals surface area (Å²) >= 11 is 0. The first-order valence-electron chi connectivity index (χ1n) is 9.83. The maximum atomic E-state index is 12.7. The van der Waals surface area contributed by atoms with Crippen molar-refractivity contribution in [3.05, 3.63) is 59.2 Å². The topological polar surface area (TPSA) is 92.8 Å². The highest BCUT2D eigenvalue weighted by Crippen LogP contribution is 2.40. The van der Waals surface area contributed by atoms with Gasteiger partial charge < -0.3 is 10.1 Å². The molecule has 0 saturated carbocycles. The highest BCUT2D eigenvalue weighted by Gasteiger charge is 2.41. The molecule has 0 radical (unpaired) electrons. The predicted octanol–water partition coefficient (Wildman–Crippen LogP) is 2.95. The van der Waals surface area contributed by atoms with Crippen LogP contribution in [0.15, 0.2) is 47.4 Å². The molecule has 7 nitrogen and oxygen atoms in total. The minimum Gasteiger partial charge on any atom is -0.487 e. The van der Waals surface area contributed by atoms with E-state index >= 15 is 0 Å². The van der Waals surface area contributed by atoms with E-state index in [1.807, 2.05) is 39.0 Å². The lowest BCUT2D eigenvalue weighted by molar-refractivity contribution is -0.122. The third-order valence-electron chi connectivity index (χ3n) is 5.41. The normalized spacial score (nSPS) is 20.8. The van der Waals surface area contributed by atoms with Crippen molar-refractivity contribution in [2.45, 2.75) is 50.2 Å². The van der Waals surface area contributed by atoms with Crippen LogP contribution in [0.1, 0.15) is 54.2 Å². The van der Waals surface area contributed by atoms with Gasteiger partial charge in [0, 0.05) is 24.9 Å². The summed E-state index contributed by atoms with van der Waals surface area (Å²) in [6.07, 6.45) is 0.472. The Morgan fingerprint density at radius 1 is 1.23 bits per heavy atom. The number of nitrogens with one attached hydrogen (secondary N) is 1. The lowest BCUT2D eigenvalue weighted by Gasteiger charge is -2.38. The van der Waals surface area contributed by atoms with Crippen LogP contribution in [-0.4, -0.2) is 36.7 Å². The Bertz CT molecular complexity index is 1140. The summed E-state index contributed by atoms with van der Waals surface area (Å²) in [6, 6.07) is 11.7. The fraction of sp³-hybridized carbons (Fsp3) is 0.364. The van der Waals surface area contributed by atoms with Crippen molar-refractivity contribution in [3.8, 4) is 5.75 Å². The molecule has 0 bridgehead atoms. The molecule has 2 aromatic rings. The van der Waals surface area contributed by atoms with Crippen molar-refractivity contribution >= 4 is 21.8 Å². The van der Waals surface area contributed by atoms with Crippen molar-refractivity contribution in [2.24, 2.45) is 0 Å². The van der Waals surface area contributed by atoms with Gasteiger partial charge in [-0.05, 0) is 39.0 Å². The standard InChI is InChI=1S/C22H24N2O5S/c1-14-8-9-18-16(12-14)17(13-22(2,3)29-18)23-20(25)10-11-24-21(26)15-6-4-5-7-19(15)30(24,27)28/h4-9,12,17H,10-11,13H2,1-3H3,(H,23,25)/t17-/m0/s1. The van der Waals surface area contributed by atoms with Crippen LogP contribution < -0.4 is 10.1 Å². The highest BCUT2D eigenvalue weighted by molar-refractivity contribution is 7.90. The van der Waals surface area contributed by atoms with Gasteiger partial charge in [0.15, 0.2) is 0 Å². The van der Waals surface area contributed by atoms with E-state index in [-0.39, 0.29) is 35.4 Å². The molecular weight excluding hydrogens is 404 g/mol. The van der Waals surface area contributed by atoms with Gasteiger partial charge >= 0.3 is 0 Å². The number of sulfonamides is 1. The summed E-state index contributed by atoms with van der Waals surface area (Å²) in [7, 11) is -3.91. The molecule has 4 rings (SSSR count). The quantitative estimate of drug-likeness (QED) is 0.808. The van der Waals surface area contributed by atoms with Gasteiger partial charge in [-0.15, -0.1) is 0 Å². The lowest BCUT2D eigenvalue weighted by atomic mass is 9.89. The molecule has 0 aliphatic carbocycles. The van der Waals surface area contributed by atoms with E-state index in [4.69, 9.17) is 4.74 Å². The summed E-state index contributed by atoms with van der Waals surface area (Å²) in [5.74, 6) is -0.175. The number of rotatable bonds is 4. The second-order valence-corrected chi connectivity index (χ2v) is 10.2. The van der Waals surface area contributed by atoms with Crippen LogP contribution in [0.5, 0.6) is 5.75 Å². The molecule has 2 heterocycles. The van der Waals surface area contributed by atoms with Crippen molar-refractivity contribution < 1.29 is 22.7 Å². The summed E-state index contributed by atoms with van der Waals surface area (Å²) in [4.78, 5) is 25.2. The van der Waals surface area contributed by atoms with Crippen LogP contribution in [0.3, 0.4) is 0 Å². The van der Waals surface area contributed by atoms with Crippen molar-refractivity contribution in [2.75, 3.05) is 6.54 Å². The molecule has 1 N–H and O–H groups in total. The summed E-state index contributed by atoms with van der Waals surface area (Å²) < 4.78 is 32.1. The van der Waals surface area contributed by atoms with Crippen LogP contribution in [0.2, 0.25) is 0 Å². The van der Waals surface area contributed by atoms with Gasteiger partial charge in [0.2, 0.25) is 5.91 Å². The third-order valence-corrected chi connectivity index (χ3v) is 7.25. The molecule has 2 amide bonds. The fourth-order valence-electron chi connectivity index (χ4n) is 4.02. The predicted molar refractivity (Wildman–Crippen MR) is 111 cm³/mol. The van der Waals surface area contributed by atoms with Gasteiger partial charge in [0.05, 0.1) is 11.6 Å². The van der Waals surface area contributed by atoms with Gasteiger partial charge in [0.1, 0.15) is 16.2 Å². The lowest BCUT2D eigenvalue weighted by Crippen LogP contribution is -2.42. The second-order valence-electron chi connectivity index (χ2n) is 8.36. The highest BCUT2D eigenvalue weighted by atomic mass is 32.2. The molecule has 0 fully saturated rings. The van der Waals surface area contributed by atoms with Gasteiger partial charge in [-0.25, -0.2) is 12.7 Å². The Hall–Kier alpha value is -2.87. The molecule has 2 aromatic carbocycles. The number of benzene rings is 2. The van der Waals surface area contributed by atoms with Crippen LogP contribution in [0.4, 0.5) is 0 Å². The van der Waals surface area contributed by atoms with E-state index in [9.17, 15) is 18.0 Å². The summed E-state index contributed by atoms with van der Waals surface area (Å²) in [6.45, 7) is 5.69. The average molecular weight is 429 g/mol. The second kappa shape index (κ2) is 7.12. The number of ether oxygens (including phenoxy) is 1. The molecule has 2 aliphatic heterocycles. The monoisotopic (exact) mass is 428 g/mol. The molecule has 2 aliphatic rings. The van der Waals surface area contributed by atoms with Crippen LogP contribution >= 0.6 is 0 Å². The van der Waals surface area contributed by atoms with Crippen molar-refractivity contribution in [1.82, 2.24) is 9.62 Å². The Kier molecular flexibility index (Phi) is 4.85. The molecule has 1 atom stereocenters. The molecule has 0 saturated heterocycles. The van der Waals surface area contributed by atoms with E-state index < -0.39 is 21.5 Å². The first-order chi connectivity index (χ1) is 14.1. The van der Waals surface area contributed by atoms with E-state index in [0.717, 1.165) is 21.2 Å². The Morgan fingerprint density at radius 3 is 2.70 bits per heavy atom. The zero-order valence-corrected chi connectivity index (χ0v) is 18.0. The van der Waals surface area contributed by atoms with Crippen molar-refractivity contribution in [1.29, 1.82) is 0 Å². The minimum absolute atomic E-state index is 0.00834. The molecular formula is C22H24N2O5S. The van der Waals surface area contributed by atoms with Crippen molar-refractivity contribution in [3.63, 3.8) is 0 Å². The third kappa shape index (κ3) is 3.56. The summed E-state index contributed by atoms with van der Waals surface area (Å²) in [5, 5.41) is 2.99. The number of hydrogen-bond donors (Lipinski definition) is 1. The first kappa shape index (κ1) is 20.4. The van der Waals surface area contributed by atoms with Crippen LogP contribution in [0, 0.1) is 6.92 Å². The van der Waals surface area contributed by atoms with E-state index in [1.54, 1.807) is 12.1 Å².